The second-order valence-corrected chi connectivity index (χ2v) is 8.49. The molecule has 170 valence electrons. The SMILES string of the molecule is CCc1ccc(N2C(=S)N[C@@H](c3ccccn3)[C@H]2c2ccc(-c3ccc(C(=O)O)cc3)o2)cc1. The molecular formula is C27H23N3O3S. The molecule has 0 unspecified atom stereocenters. The predicted octanol–water partition coefficient (Wildman–Crippen LogP) is 5.78. The van der Waals surface area contributed by atoms with E-state index < -0.39 is 5.97 Å². The molecule has 0 saturated carbocycles. The van der Waals surface area contributed by atoms with Crippen LogP contribution in [0, 0.1) is 0 Å². The lowest BCUT2D eigenvalue weighted by Crippen LogP contribution is -2.29. The number of aryl methyl sites for hydroxylation is 1. The second-order valence-electron chi connectivity index (χ2n) is 8.10. The third-order valence-corrected chi connectivity index (χ3v) is 6.37. The standard InChI is InChI=1S/C27H23N3O3S/c1-2-17-6-12-20(13-7-17)30-25(24(29-27(30)34)21-5-3-4-16-28-21)23-15-14-22(33-23)18-8-10-19(11-9-18)26(31)32/h3-16,24-25H,2H2,1H3,(H,29,34)(H,31,32)/t24-,25+/m0/s1. The third kappa shape index (κ3) is 4.06. The minimum absolute atomic E-state index is 0.201. The molecule has 2 aromatic carbocycles. The van der Waals surface area contributed by atoms with Crippen molar-refractivity contribution >= 4 is 29.0 Å². The van der Waals surface area contributed by atoms with Gasteiger partial charge >= 0.3 is 5.97 Å². The molecule has 1 aliphatic rings. The highest BCUT2D eigenvalue weighted by atomic mass is 32.1. The van der Waals surface area contributed by atoms with Gasteiger partial charge in [-0.15, -0.1) is 0 Å². The van der Waals surface area contributed by atoms with Gasteiger partial charge in [0, 0.05) is 17.4 Å². The van der Waals surface area contributed by atoms with Crippen LogP contribution in [0.5, 0.6) is 0 Å². The van der Waals surface area contributed by atoms with Crippen molar-refractivity contribution < 1.29 is 14.3 Å². The molecular weight excluding hydrogens is 446 g/mol. The summed E-state index contributed by atoms with van der Waals surface area (Å²) in [5, 5.41) is 13.2. The maximum Gasteiger partial charge on any atom is 0.335 e. The lowest BCUT2D eigenvalue weighted by Gasteiger charge is -2.26. The van der Waals surface area contributed by atoms with Crippen LogP contribution in [-0.2, 0) is 6.42 Å². The van der Waals surface area contributed by atoms with E-state index in [1.54, 1.807) is 30.5 Å². The first-order chi connectivity index (χ1) is 16.5. The lowest BCUT2D eigenvalue weighted by molar-refractivity contribution is 0.0697. The zero-order valence-corrected chi connectivity index (χ0v) is 19.3. The Morgan fingerprint density at radius 1 is 1.06 bits per heavy atom. The summed E-state index contributed by atoms with van der Waals surface area (Å²) in [5.41, 5.74) is 4.13. The van der Waals surface area contributed by atoms with Crippen molar-refractivity contribution in [3.8, 4) is 11.3 Å². The molecule has 3 heterocycles. The molecule has 0 amide bonds. The summed E-state index contributed by atoms with van der Waals surface area (Å²) in [6, 6.07) is 24.3. The van der Waals surface area contributed by atoms with E-state index in [4.69, 9.17) is 16.6 Å². The van der Waals surface area contributed by atoms with Crippen LogP contribution < -0.4 is 10.2 Å². The zero-order valence-electron chi connectivity index (χ0n) is 18.5. The van der Waals surface area contributed by atoms with Crippen LogP contribution in [0.4, 0.5) is 5.69 Å². The number of hydrogen-bond donors (Lipinski definition) is 2. The topological polar surface area (TPSA) is 78.6 Å². The summed E-state index contributed by atoms with van der Waals surface area (Å²) in [6.45, 7) is 2.13. The van der Waals surface area contributed by atoms with Crippen molar-refractivity contribution in [1.29, 1.82) is 0 Å². The van der Waals surface area contributed by atoms with Gasteiger partial charge in [-0.3, -0.25) is 4.98 Å². The fraction of sp³-hybridized carbons (Fsp3) is 0.148. The maximum absolute atomic E-state index is 11.2. The molecule has 0 radical (unpaired) electrons. The molecule has 2 aromatic heterocycles. The average Bonchev–Trinajstić information content (AvgIpc) is 3.49. The lowest BCUT2D eigenvalue weighted by atomic mass is 10.0. The van der Waals surface area contributed by atoms with Crippen molar-refractivity contribution in [2.45, 2.75) is 25.4 Å². The normalized spacial score (nSPS) is 17.6. The molecule has 0 aliphatic carbocycles. The van der Waals surface area contributed by atoms with E-state index in [1.165, 1.54) is 5.56 Å². The van der Waals surface area contributed by atoms with Crippen molar-refractivity contribution in [3.63, 3.8) is 0 Å². The fourth-order valence-electron chi connectivity index (χ4n) is 4.26. The number of carbonyl (C=O) groups is 1. The van der Waals surface area contributed by atoms with Gasteiger partial charge in [-0.2, -0.15) is 0 Å². The fourth-order valence-corrected chi connectivity index (χ4v) is 4.60. The number of nitrogens with one attached hydrogen (secondary N) is 1. The molecule has 7 heteroatoms. The van der Waals surface area contributed by atoms with Gasteiger partial charge in [0.05, 0.1) is 17.3 Å². The van der Waals surface area contributed by atoms with Crippen LogP contribution in [0.2, 0.25) is 0 Å². The first kappa shape index (κ1) is 21.9. The molecule has 0 bridgehead atoms. The van der Waals surface area contributed by atoms with Gasteiger partial charge in [-0.25, -0.2) is 4.79 Å². The number of hydrogen-bond acceptors (Lipinski definition) is 4. The highest BCUT2D eigenvalue weighted by molar-refractivity contribution is 7.80. The van der Waals surface area contributed by atoms with Gasteiger partial charge in [0.2, 0.25) is 0 Å². The number of rotatable bonds is 6. The highest BCUT2D eigenvalue weighted by Gasteiger charge is 2.42. The Morgan fingerprint density at radius 3 is 2.47 bits per heavy atom. The molecule has 4 aromatic rings. The summed E-state index contributed by atoms with van der Waals surface area (Å²) in [7, 11) is 0. The molecule has 6 nitrogen and oxygen atoms in total. The number of furan rings is 1. The quantitative estimate of drug-likeness (QED) is 0.347. The summed E-state index contributed by atoms with van der Waals surface area (Å²) in [6.07, 6.45) is 2.73. The van der Waals surface area contributed by atoms with Crippen LogP contribution in [-0.4, -0.2) is 21.2 Å². The number of benzene rings is 2. The smallest absolute Gasteiger partial charge is 0.335 e. The monoisotopic (exact) mass is 469 g/mol. The first-order valence-electron chi connectivity index (χ1n) is 11.1. The molecule has 1 fully saturated rings. The zero-order chi connectivity index (χ0) is 23.7. The van der Waals surface area contributed by atoms with Crippen LogP contribution in [0.3, 0.4) is 0 Å². The third-order valence-electron chi connectivity index (χ3n) is 6.06. The van der Waals surface area contributed by atoms with Crippen molar-refractivity contribution in [2.75, 3.05) is 4.90 Å². The van der Waals surface area contributed by atoms with Crippen LogP contribution in [0.25, 0.3) is 11.3 Å². The number of carboxylic acids is 1. The maximum atomic E-state index is 11.2. The summed E-state index contributed by atoms with van der Waals surface area (Å²) in [5.74, 6) is 0.436. The van der Waals surface area contributed by atoms with Gasteiger partial charge in [-0.1, -0.05) is 37.3 Å². The van der Waals surface area contributed by atoms with Crippen molar-refractivity contribution in [2.24, 2.45) is 0 Å². The number of carboxylic acid groups (broad SMARTS) is 1. The summed E-state index contributed by atoms with van der Waals surface area (Å²) in [4.78, 5) is 17.8. The Morgan fingerprint density at radius 2 is 1.82 bits per heavy atom. The number of aromatic carboxylic acids is 1. The minimum Gasteiger partial charge on any atom is -0.478 e. The predicted molar refractivity (Wildman–Crippen MR) is 135 cm³/mol. The van der Waals surface area contributed by atoms with Gasteiger partial charge in [-0.05, 0) is 72.7 Å². The Balaban J connectivity index is 1.55. The van der Waals surface area contributed by atoms with Gasteiger partial charge in [0.15, 0.2) is 5.11 Å². The molecule has 0 spiro atoms. The average molecular weight is 470 g/mol. The van der Waals surface area contributed by atoms with Gasteiger partial charge in [0.25, 0.3) is 0 Å². The number of thiocarbonyl (C=S) groups is 1. The van der Waals surface area contributed by atoms with Crippen molar-refractivity contribution in [3.05, 3.63) is 108 Å². The van der Waals surface area contributed by atoms with Crippen LogP contribution in [0.1, 0.15) is 46.4 Å². The number of anilines is 1. The van der Waals surface area contributed by atoms with Crippen molar-refractivity contribution in [1.82, 2.24) is 10.3 Å². The highest BCUT2D eigenvalue weighted by Crippen LogP contribution is 2.42. The second kappa shape index (κ2) is 9.11. The molecule has 5 rings (SSSR count). The summed E-state index contributed by atoms with van der Waals surface area (Å²) >= 11 is 5.77. The van der Waals surface area contributed by atoms with E-state index in [-0.39, 0.29) is 17.6 Å². The number of aromatic nitrogens is 1. The largest absolute Gasteiger partial charge is 0.478 e. The Kier molecular flexibility index (Phi) is 5.86. The van der Waals surface area contributed by atoms with E-state index in [1.807, 2.05) is 30.3 Å². The van der Waals surface area contributed by atoms with E-state index in [9.17, 15) is 9.90 Å². The number of nitrogens with zero attached hydrogens (tertiary/aromatic N) is 2. The Hall–Kier alpha value is -3.97. The Labute approximate surface area is 202 Å². The first-order valence-corrected chi connectivity index (χ1v) is 11.5. The molecule has 2 N–H and O–H groups in total. The minimum atomic E-state index is -0.958. The van der Waals surface area contributed by atoms with E-state index in [2.05, 4.69) is 46.4 Å². The molecule has 2 atom stereocenters. The molecule has 1 saturated heterocycles. The molecule has 34 heavy (non-hydrogen) atoms. The van der Waals surface area contributed by atoms with E-state index >= 15 is 0 Å². The Bertz CT molecular complexity index is 1320. The van der Waals surface area contributed by atoms with E-state index in [0.717, 1.165) is 29.1 Å². The van der Waals surface area contributed by atoms with Crippen LogP contribution in [0.15, 0.2) is 89.5 Å². The van der Waals surface area contributed by atoms with Gasteiger partial charge in [0.1, 0.15) is 17.6 Å². The van der Waals surface area contributed by atoms with Gasteiger partial charge < -0.3 is 19.7 Å². The van der Waals surface area contributed by atoms with E-state index in [0.29, 0.717) is 10.9 Å². The molecule has 1 aliphatic heterocycles. The van der Waals surface area contributed by atoms with Crippen LogP contribution >= 0.6 is 12.2 Å². The summed E-state index contributed by atoms with van der Waals surface area (Å²) < 4.78 is 6.33. The number of pyridine rings is 1.